The Balaban J connectivity index is 1.97. The smallest absolute Gasteiger partial charge is 0.434 e. The summed E-state index contributed by atoms with van der Waals surface area (Å²) in [5, 5.41) is 8.37. The van der Waals surface area contributed by atoms with Gasteiger partial charge in [0.05, 0.1) is 6.54 Å². The molecule has 0 saturated carbocycles. The molecule has 0 aliphatic heterocycles. The summed E-state index contributed by atoms with van der Waals surface area (Å²) >= 11 is 0. The first-order valence-corrected chi connectivity index (χ1v) is 7.54. The molecule has 0 unspecified atom stereocenters. The van der Waals surface area contributed by atoms with Gasteiger partial charge >= 0.3 is 11.8 Å². The average Bonchev–Trinajstić information content (AvgIpc) is 2.90. The number of carbonyl (C=O) groups is 2. The van der Waals surface area contributed by atoms with Crippen LogP contribution in [0.1, 0.15) is 37.0 Å². The largest absolute Gasteiger partial charge is 0.444 e. The molecule has 0 aliphatic carbocycles. The zero-order chi connectivity index (χ0) is 18.6. The first-order valence-electron chi connectivity index (χ1n) is 7.54. The van der Waals surface area contributed by atoms with Gasteiger partial charge in [0.15, 0.2) is 0 Å². The lowest BCUT2D eigenvalue weighted by molar-refractivity contribution is 0.0635. The molecule has 0 radical (unpaired) electrons. The summed E-state index contributed by atoms with van der Waals surface area (Å²) < 4.78 is 9.92. The van der Waals surface area contributed by atoms with Gasteiger partial charge in [-0.25, -0.2) is 14.7 Å². The fourth-order valence-electron chi connectivity index (χ4n) is 1.94. The van der Waals surface area contributed by atoms with Crippen molar-refractivity contribution in [3.05, 3.63) is 46.3 Å². The van der Waals surface area contributed by atoms with Crippen LogP contribution in [0.3, 0.4) is 0 Å². The molecule has 2 amide bonds. The molecule has 0 saturated heterocycles. The van der Waals surface area contributed by atoms with Crippen LogP contribution in [0.4, 0.5) is 10.5 Å². The van der Waals surface area contributed by atoms with Crippen LogP contribution in [-0.2, 0) is 11.3 Å². The number of aromatic amines is 1. The van der Waals surface area contributed by atoms with Crippen molar-refractivity contribution in [3.8, 4) is 0 Å². The number of amides is 2. The van der Waals surface area contributed by atoms with Gasteiger partial charge in [0, 0.05) is 18.3 Å². The van der Waals surface area contributed by atoms with Gasteiger partial charge in [-0.1, -0.05) is 0 Å². The summed E-state index contributed by atoms with van der Waals surface area (Å²) in [5.74, 6) is -0.841. The molecule has 0 bridgehead atoms. The minimum atomic E-state index is -0.673. The first kappa shape index (κ1) is 18.2. The molecule has 9 nitrogen and oxygen atoms in total. The van der Waals surface area contributed by atoms with Gasteiger partial charge in [0.25, 0.3) is 5.91 Å². The number of benzene rings is 1. The van der Waals surface area contributed by atoms with E-state index in [-0.39, 0.29) is 18.3 Å². The fourth-order valence-corrected chi connectivity index (χ4v) is 1.94. The molecule has 9 heteroatoms. The summed E-state index contributed by atoms with van der Waals surface area (Å²) in [5.41, 5.74) is 0.325. The number of hydrogen-bond acceptors (Lipinski definition) is 6. The number of anilines is 1. The highest BCUT2D eigenvalue weighted by atomic mass is 16.6. The monoisotopic (exact) mass is 348 g/mol. The third-order valence-electron chi connectivity index (χ3n) is 2.98. The molecule has 134 valence electrons. The number of hydrogen-bond donors (Lipinski definition) is 2. The van der Waals surface area contributed by atoms with Crippen LogP contribution < -0.4 is 11.1 Å². The van der Waals surface area contributed by atoms with Crippen LogP contribution in [0.15, 0.2) is 33.5 Å². The molecule has 1 heterocycles. The third kappa shape index (κ3) is 5.48. The second-order valence-electron chi connectivity index (χ2n) is 6.37. The van der Waals surface area contributed by atoms with Gasteiger partial charge in [-0.3, -0.25) is 10.1 Å². The van der Waals surface area contributed by atoms with Gasteiger partial charge in [0.2, 0.25) is 5.89 Å². The van der Waals surface area contributed by atoms with Crippen molar-refractivity contribution >= 4 is 17.7 Å². The number of carbonyl (C=O) groups excluding carboxylic acids is 2. The van der Waals surface area contributed by atoms with E-state index in [1.54, 1.807) is 52.1 Å². The lowest BCUT2D eigenvalue weighted by atomic mass is 10.2. The normalized spacial score (nSPS) is 11.0. The maximum absolute atomic E-state index is 12.3. The third-order valence-corrected chi connectivity index (χ3v) is 2.98. The van der Waals surface area contributed by atoms with Gasteiger partial charge in [-0.2, -0.15) is 0 Å². The van der Waals surface area contributed by atoms with Crippen molar-refractivity contribution in [2.24, 2.45) is 0 Å². The molecular weight excluding hydrogens is 328 g/mol. The minimum Gasteiger partial charge on any atom is -0.444 e. The summed E-state index contributed by atoms with van der Waals surface area (Å²) in [7, 11) is 1.56. The van der Waals surface area contributed by atoms with Gasteiger partial charge in [-0.05, 0) is 45.0 Å². The Kier molecular flexibility index (Phi) is 5.26. The Morgan fingerprint density at radius 1 is 1.28 bits per heavy atom. The highest BCUT2D eigenvalue weighted by Crippen LogP contribution is 2.14. The number of nitrogens with one attached hydrogen (secondary N) is 2. The highest BCUT2D eigenvalue weighted by molar-refractivity contribution is 5.95. The molecule has 0 spiro atoms. The zero-order valence-corrected chi connectivity index (χ0v) is 14.5. The van der Waals surface area contributed by atoms with E-state index in [0.717, 1.165) is 0 Å². The SMILES string of the molecule is CN(Cc1n[nH]c(=O)o1)C(=O)c1ccc(NC(=O)OC(C)(C)C)cc1. The van der Waals surface area contributed by atoms with Crippen molar-refractivity contribution in [1.29, 1.82) is 0 Å². The molecule has 1 aromatic carbocycles. The van der Waals surface area contributed by atoms with Gasteiger partial charge in [0.1, 0.15) is 5.60 Å². The predicted molar refractivity (Wildman–Crippen MR) is 89.2 cm³/mol. The van der Waals surface area contributed by atoms with Crippen molar-refractivity contribution in [1.82, 2.24) is 15.1 Å². The van der Waals surface area contributed by atoms with Crippen molar-refractivity contribution in [2.45, 2.75) is 32.9 Å². The van der Waals surface area contributed by atoms with Gasteiger partial charge < -0.3 is 14.1 Å². The summed E-state index contributed by atoms with van der Waals surface area (Å²) in [6.45, 7) is 5.36. The molecular formula is C16H20N4O5. The van der Waals surface area contributed by atoms with Crippen molar-refractivity contribution in [2.75, 3.05) is 12.4 Å². The lowest BCUT2D eigenvalue weighted by Gasteiger charge is -2.19. The first-order chi connectivity index (χ1) is 11.6. The Bertz CT molecular complexity index is 801. The number of H-pyrrole nitrogens is 1. The van der Waals surface area contributed by atoms with Crippen LogP contribution in [-0.4, -0.2) is 39.7 Å². The number of nitrogens with zero attached hydrogens (tertiary/aromatic N) is 2. The second kappa shape index (κ2) is 7.20. The van der Waals surface area contributed by atoms with E-state index in [1.165, 1.54) is 4.90 Å². The molecule has 0 atom stereocenters. The van der Waals surface area contributed by atoms with Crippen LogP contribution in [0.2, 0.25) is 0 Å². The number of ether oxygens (including phenoxy) is 1. The predicted octanol–water partition coefficient (Wildman–Crippen LogP) is 1.98. The maximum Gasteiger partial charge on any atom is 0.434 e. The fraction of sp³-hybridized carbons (Fsp3) is 0.375. The Morgan fingerprint density at radius 2 is 1.92 bits per heavy atom. The van der Waals surface area contributed by atoms with Crippen LogP contribution in [0, 0.1) is 0 Å². The van der Waals surface area contributed by atoms with E-state index >= 15 is 0 Å². The summed E-state index contributed by atoms with van der Waals surface area (Å²) in [6.07, 6.45) is -0.572. The maximum atomic E-state index is 12.3. The molecule has 0 fully saturated rings. The number of aromatic nitrogens is 2. The van der Waals surface area contributed by atoms with Crippen LogP contribution in [0.5, 0.6) is 0 Å². The van der Waals surface area contributed by atoms with E-state index < -0.39 is 17.5 Å². The highest BCUT2D eigenvalue weighted by Gasteiger charge is 2.17. The van der Waals surface area contributed by atoms with Crippen LogP contribution in [0.25, 0.3) is 0 Å². The lowest BCUT2D eigenvalue weighted by Crippen LogP contribution is -2.27. The quantitative estimate of drug-likeness (QED) is 0.872. The van der Waals surface area contributed by atoms with Crippen molar-refractivity contribution < 1.29 is 18.7 Å². The van der Waals surface area contributed by atoms with E-state index in [2.05, 4.69) is 15.5 Å². The summed E-state index contributed by atoms with van der Waals surface area (Å²) in [6, 6.07) is 6.35. The Morgan fingerprint density at radius 3 is 2.44 bits per heavy atom. The van der Waals surface area contributed by atoms with E-state index in [9.17, 15) is 14.4 Å². The molecule has 1 aromatic heterocycles. The zero-order valence-electron chi connectivity index (χ0n) is 14.5. The number of rotatable bonds is 4. The standard InChI is InChI=1S/C16H20N4O5/c1-16(2,3)25-14(22)17-11-7-5-10(6-8-11)13(21)20(4)9-12-18-19-15(23)24-12/h5-8H,9H2,1-4H3,(H,17,22)(H,19,23). The van der Waals surface area contributed by atoms with Crippen molar-refractivity contribution in [3.63, 3.8) is 0 Å². The molecule has 2 N–H and O–H groups in total. The average molecular weight is 348 g/mol. The topological polar surface area (TPSA) is 118 Å². The minimum absolute atomic E-state index is 0.0511. The Hall–Kier alpha value is -3.10. The molecule has 2 rings (SSSR count). The molecule has 25 heavy (non-hydrogen) atoms. The second-order valence-corrected chi connectivity index (χ2v) is 6.37. The molecule has 2 aromatic rings. The molecule has 0 aliphatic rings. The van der Waals surface area contributed by atoms with Gasteiger partial charge in [-0.15, -0.1) is 5.10 Å². The van der Waals surface area contributed by atoms with E-state index in [4.69, 9.17) is 9.15 Å². The van der Waals surface area contributed by atoms with E-state index in [1.807, 2.05) is 0 Å². The van der Waals surface area contributed by atoms with E-state index in [0.29, 0.717) is 11.3 Å². The van der Waals surface area contributed by atoms with Crippen LogP contribution >= 0.6 is 0 Å². The Labute approximate surface area is 144 Å². The summed E-state index contributed by atoms with van der Waals surface area (Å²) in [4.78, 5) is 36.3.